The first-order valence-corrected chi connectivity index (χ1v) is 15.9. The number of ketones is 1. The molecule has 0 aliphatic carbocycles. The lowest BCUT2D eigenvalue weighted by Crippen LogP contribution is -2.29. The van der Waals surface area contributed by atoms with E-state index in [1.54, 1.807) is 36.4 Å². The maximum Gasteiger partial charge on any atom is 0.301 e. The lowest BCUT2D eigenvalue weighted by atomic mass is 9.95. The molecule has 0 spiro atoms. The summed E-state index contributed by atoms with van der Waals surface area (Å²) in [7, 11) is 0. The van der Waals surface area contributed by atoms with E-state index in [0.29, 0.717) is 83.6 Å². The predicted molar refractivity (Wildman–Crippen MR) is 171 cm³/mol. The molecule has 0 radical (unpaired) electrons. The highest BCUT2D eigenvalue weighted by atomic mass is 32.1. The topological polar surface area (TPSA) is 117 Å². The zero-order chi connectivity index (χ0) is 31.5. The number of nitrogens with zero attached hydrogens (tertiary/aromatic N) is 2. The lowest BCUT2D eigenvalue weighted by Gasteiger charge is -2.24. The highest BCUT2D eigenvalue weighted by molar-refractivity contribution is 7.22. The number of aliphatic hydroxyl groups excluding tert-OH is 1. The number of Topliss-reactive ketones (excluding diaryl/α,β-unsaturated/α-hetero) is 1. The average Bonchev–Trinajstić information content (AvgIpc) is 3.58. The molecule has 3 heterocycles. The minimum Gasteiger partial charge on any atom is -0.507 e. The highest BCUT2D eigenvalue weighted by Gasteiger charge is 2.48. The Hall–Kier alpha value is -4.77. The number of benzene rings is 3. The van der Waals surface area contributed by atoms with E-state index in [-0.39, 0.29) is 11.3 Å². The second kappa shape index (κ2) is 13.1. The van der Waals surface area contributed by atoms with Gasteiger partial charge in [-0.25, -0.2) is 4.98 Å². The molecule has 1 unspecified atom stereocenters. The number of hydrogen-bond acceptors (Lipinski definition) is 10. The van der Waals surface area contributed by atoms with Crippen LogP contribution in [0.15, 0.2) is 60.2 Å². The molecule has 45 heavy (non-hydrogen) atoms. The normalized spacial score (nSPS) is 17.1. The number of carbonyl (C=O) groups excluding carboxylic acids is 2. The fourth-order valence-electron chi connectivity index (χ4n) is 5.35. The third kappa shape index (κ3) is 5.87. The van der Waals surface area contributed by atoms with Crippen LogP contribution in [-0.2, 0) is 9.59 Å². The molecule has 1 amide bonds. The molecular formula is C34H34N2O8S. The van der Waals surface area contributed by atoms with Crippen molar-refractivity contribution in [1.29, 1.82) is 0 Å². The van der Waals surface area contributed by atoms with Crippen molar-refractivity contribution in [2.75, 3.05) is 37.9 Å². The molecule has 0 saturated carbocycles. The molecule has 11 heteroatoms. The van der Waals surface area contributed by atoms with Crippen molar-refractivity contribution < 1.29 is 38.4 Å². The van der Waals surface area contributed by atoms with Crippen molar-refractivity contribution >= 4 is 44.1 Å². The van der Waals surface area contributed by atoms with Crippen molar-refractivity contribution in [3.8, 4) is 28.7 Å². The van der Waals surface area contributed by atoms with Gasteiger partial charge in [0.15, 0.2) is 28.1 Å². The Labute approximate surface area is 264 Å². The Bertz CT molecular complexity index is 1780. The summed E-state index contributed by atoms with van der Waals surface area (Å²) in [5.74, 6) is 0.724. The largest absolute Gasteiger partial charge is 0.507 e. The summed E-state index contributed by atoms with van der Waals surface area (Å²) in [5, 5.41) is 12.0. The van der Waals surface area contributed by atoms with Crippen LogP contribution in [0, 0.1) is 0 Å². The van der Waals surface area contributed by atoms with Crippen LogP contribution in [0.5, 0.6) is 28.7 Å². The minimum absolute atomic E-state index is 0.0759. The van der Waals surface area contributed by atoms with E-state index in [0.717, 1.165) is 17.5 Å². The average molecular weight is 631 g/mol. The predicted octanol–water partition coefficient (Wildman–Crippen LogP) is 6.67. The van der Waals surface area contributed by atoms with E-state index in [9.17, 15) is 14.7 Å². The van der Waals surface area contributed by atoms with Crippen LogP contribution < -0.4 is 28.6 Å². The van der Waals surface area contributed by atoms with E-state index in [4.69, 9.17) is 28.7 Å². The summed E-state index contributed by atoms with van der Waals surface area (Å²) in [6.07, 6.45) is 1.86. The van der Waals surface area contributed by atoms with Gasteiger partial charge in [0, 0.05) is 5.56 Å². The van der Waals surface area contributed by atoms with E-state index in [1.165, 1.54) is 16.2 Å². The fraction of sp³-hybridized carbons (Fsp3) is 0.324. The van der Waals surface area contributed by atoms with Gasteiger partial charge in [-0.2, -0.15) is 0 Å². The van der Waals surface area contributed by atoms with Crippen molar-refractivity contribution in [3.63, 3.8) is 0 Å². The molecule has 2 aliphatic heterocycles. The number of anilines is 1. The summed E-state index contributed by atoms with van der Waals surface area (Å²) in [6, 6.07) is 14.7. The molecule has 6 rings (SSSR count). The second-order valence-electron chi connectivity index (χ2n) is 10.4. The molecule has 234 valence electrons. The second-order valence-corrected chi connectivity index (χ2v) is 11.4. The Morgan fingerprint density at radius 2 is 1.73 bits per heavy atom. The van der Waals surface area contributed by atoms with Gasteiger partial charge < -0.3 is 28.8 Å². The molecule has 1 atom stereocenters. The van der Waals surface area contributed by atoms with Gasteiger partial charge in [0.25, 0.3) is 5.78 Å². The summed E-state index contributed by atoms with van der Waals surface area (Å²) >= 11 is 1.26. The highest BCUT2D eigenvalue weighted by Crippen LogP contribution is 2.47. The van der Waals surface area contributed by atoms with Crippen LogP contribution in [0.2, 0.25) is 0 Å². The summed E-state index contributed by atoms with van der Waals surface area (Å²) in [4.78, 5) is 33.7. The monoisotopic (exact) mass is 630 g/mol. The third-order valence-corrected chi connectivity index (χ3v) is 8.48. The Morgan fingerprint density at radius 3 is 2.51 bits per heavy atom. The summed E-state index contributed by atoms with van der Waals surface area (Å²) in [6.45, 7) is 8.04. The standard InChI is InChI=1S/C34H34N2O8S/c1-4-7-14-42-24-12-8-20(17-26(24)41-6-3)30-29(31(37)21-9-13-25-27(18-21)44-16-15-43-25)32(38)33(39)36(30)34-35-23-11-10-22(40-5-2)19-28(23)45-34/h8-13,17-19,30,37H,4-7,14-16H2,1-3H3/b31-29+. The van der Waals surface area contributed by atoms with Crippen molar-refractivity contribution in [3.05, 3.63) is 71.3 Å². The van der Waals surface area contributed by atoms with Gasteiger partial charge in [-0.15, -0.1) is 0 Å². The van der Waals surface area contributed by atoms with Gasteiger partial charge in [-0.05, 0) is 74.4 Å². The van der Waals surface area contributed by atoms with E-state index >= 15 is 0 Å². The van der Waals surface area contributed by atoms with Crippen molar-refractivity contribution in [2.45, 2.75) is 39.7 Å². The van der Waals surface area contributed by atoms with Gasteiger partial charge in [0.2, 0.25) is 0 Å². The maximum atomic E-state index is 13.8. The number of fused-ring (bicyclic) bond motifs is 2. The zero-order valence-corrected chi connectivity index (χ0v) is 26.1. The van der Waals surface area contributed by atoms with Gasteiger partial charge in [-0.3, -0.25) is 14.5 Å². The molecular weight excluding hydrogens is 596 g/mol. The van der Waals surface area contributed by atoms with E-state index in [1.807, 2.05) is 32.0 Å². The van der Waals surface area contributed by atoms with E-state index in [2.05, 4.69) is 6.92 Å². The first-order chi connectivity index (χ1) is 21.9. The van der Waals surface area contributed by atoms with Gasteiger partial charge in [0.05, 0.1) is 41.7 Å². The number of ether oxygens (including phenoxy) is 5. The van der Waals surface area contributed by atoms with Gasteiger partial charge in [0.1, 0.15) is 24.7 Å². The Morgan fingerprint density at radius 1 is 0.933 bits per heavy atom. The quantitative estimate of drug-likeness (QED) is 0.0839. The minimum atomic E-state index is -1.01. The number of thiazole rings is 1. The number of carbonyl (C=O) groups is 2. The number of rotatable bonds is 11. The van der Waals surface area contributed by atoms with Crippen LogP contribution in [0.25, 0.3) is 16.0 Å². The van der Waals surface area contributed by atoms with Gasteiger partial charge in [-0.1, -0.05) is 30.7 Å². The van der Waals surface area contributed by atoms with Crippen molar-refractivity contribution in [1.82, 2.24) is 4.98 Å². The number of aromatic nitrogens is 1. The lowest BCUT2D eigenvalue weighted by molar-refractivity contribution is -0.132. The Balaban J connectivity index is 1.50. The number of amides is 1. The molecule has 4 aromatic rings. The number of unbranched alkanes of at least 4 members (excludes halogenated alkanes) is 1. The summed E-state index contributed by atoms with van der Waals surface area (Å²) in [5.41, 5.74) is 1.44. The molecule has 1 aromatic heterocycles. The zero-order valence-electron chi connectivity index (χ0n) is 25.3. The fourth-order valence-corrected chi connectivity index (χ4v) is 6.37. The molecule has 10 nitrogen and oxygen atoms in total. The van der Waals surface area contributed by atoms with E-state index < -0.39 is 17.7 Å². The van der Waals surface area contributed by atoms with Crippen LogP contribution in [0.4, 0.5) is 5.13 Å². The molecule has 1 N–H and O–H groups in total. The first-order valence-electron chi connectivity index (χ1n) is 15.1. The molecule has 2 aliphatic rings. The maximum absolute atomic E-state index is 13.8. The first kappa shape index (κ1) is 30.3. The Kier molecular flexibility index (Phi) is 8.79. The van der Waals surface area contributed by atoms with Crippen LogP contribution >= 0.6 is 11.3 Å². The molecule has 1 fully saturated rings. The number of hydrogen-bond donors (Lipinski definition) is 1. The SMILES string of the molecule is CCCCOc1ccc(C2/C(=C(\O)c3ccc4c(c3)OCCO4)C(=O)C(=O)N2c2nc3ccc(OCC)cc3s2)cc1OCC. The van der Waals surface area contributed by atoms with Gasteiger partial charge >= 0.3 is 5.91 Å². The van der Waals surface area contributed by atoms with Crippen molar-refractivity contribution in [2.24, 2.45) is 0 Å². The van der Waals surface area contributed by atoms with Crippen LogP contribution in [0.1, 0.15) is 50.8 Å². The molecule has 1 saturated heterocycles. The molecule has 0 bridgehead atoms. The van der Waals surface area contributed by atoms with Crippen LogP contribution in [0.3, 0.4) is 0 Å². The number of aliphatic hydroxyl groups is 1. The molecule has 3 aromatic carbocycles. The van der Waals surface area contributed by atoms with Crippen LogP contribution in [-0.4, -0.2) is 54.8 Å². The third-order valence-electron chi connectivity index (χ3n) is 7.46. The smallest absolute Gasteiger partial charge is 0.301 e. The summed E-state index contributed by atoms with van der Waals surface area (Å²) < 4.78 is 29.7.